The first kappa shape index (κ1) is 41.1. The molecule has 0 aliphatic carbocycles. The summed E-state index contributed by atoms with van der Waals surface area (Å²) in [6, 6.07) is 16.6. The van der Waals surface area contributed by atoms with Gasteiger partial charge in [-0.3, -0.25) is 24.4 Å². The number of anilines is 3. The maximum atomic E-state index is 12.6. The quantitative estimate of drug-likeness (QED) is 0.0852. The van der Waals surface area contributed by atoms with Crippen molar-refractivity contribution in [1.29, 1.82) is 5.26 Å². The van der Waals surface area contributed by atoms with E-state index in [0.717, 1.165) is 5.69 Å². The van der Waals surface area contributed by atoms with E-state index in [1.54, 1.807) is 42.6 Å². The van der Waals surface area contributed by atoms with Crippen LogP contribution in [0.5, 0.6) is 11.5 Å². The average molecular weight is 749 g/mol. The largest absolute Gasteiger partial charge is 0.492 e. The number of benzene rings is 2. The van der Waals surface area contributed by atoms with E-state index in [2.05, 4.69) is 26.7 Å². The van der Waals surface area contributed by atoms with Crippen LogP contribution in [0.2, 0.25) is 5.02 Å². The normalized spacial score (nSPS) is 11.0. The lowest BCUT2D eigenvalue weighted by Crippen LogP contribution is -2.42. The number of hydrogen-bond acceptors (Lipinski definition) is 12. The molecule has 16 nitrogen and oxygen atoms in total. The molecule has 0 radical (unpaired) electrons. The molecule has 0 aliphatic rings. The third kappa shape index (κ3) is 12.5. The van der Waals surface area contributed by atoms with Crippen LogP contribution in [-0.4, -0.2) is 92.0 Å². The van der Waals surface area contributed by atoms with Crippen molar-refractivity contribution in [3.63, 3.8) is 0 Å². The van der Waals surface area contributed by atoms with Crippen molar-refractivity contribution >= 4 is 63.4 Å². The summed E-state index contributed by atoms with van der Waals surface area (Å²) < 4.78 is 11.6. The Kier molecular flexibility index (Phi) is 15.0. The molecule has 4 rings (SSSR count). The van der Waals surface area contributed by atoms with E-state index in [9.17, 15) is 24.4 Å². The highest BCUT2D eigenvalue weighted by atomic mass is 35.5. The van der Waals surface area contributed by atoms with Crippen LogP contribution < -0.4 is 20.1 Å². The van der Waals surface area contributed by atoms with E-state index in [1.807, 2.05) is 44.1 Å². The van der Waals surface area contributed by atoms with E-state index in [1.165, 1.54) is 12.3 Å². The summed E-state index contributed by atoms with van der Waals surface area (Å²) in [6.07, 6.45) is 4.15. The van der Waals surface area contributed by atoms with Gasteiger partial charge in [-0.25, -0.2) is 4.79 Å². The molecule has 0 bridgehead atoms. The number of nitrogens with one attached hydrogen (secondary N) is 2. The summed E-state index contributed by atoms with van der Waals surface area (Å²) in [5.41, 5.74) is 0.587. The number of likely N-dealkylation sites (N-methyl/N-ethyl adjacent to an activating group) is 1. The third-order valence-electron chi connectivity index (χ3n) is 6.98. The molecule has 2 aromatic heterocycles. The van der Waals surface area contributed by atoms with E-state index in [-0.39, 0.29) is 12.5 Å². The summed E-state index contributed by atoms with van der Waals surface area (Å²) in [5.74, 6) is -4.33. The molecule has 0 saturated heterocycles. The minimum absolute atomic E-state index is 0.280. The molecule has 278 valence electrons. The Morgan fingerprint density at radius 2 is 1.72 bits per heavy atom. The number of aliphatic hydroxyl groups is 1. The Hall–Kier alpha value is -6.28. The molecule has 0 saturated carbocycles. The van der Waals surface area contributed by atoms with Gasteiger partial charge in [0.15, 0.2) is 5.60 Å². The van der Waals surface area contributed by atoms with Gasteiger partial charge in [-0.05, 0) is 57.4 Å². The summed E-state index contributed by atoms with van der Waals surface area (Å²) in [7, 11) is 3.84. The summed E-state index contributed by atoms with van der Waals surface area (Å²) in [6.45, 7) is 3.17. The van der Waals surface area contributed by atoms with Crippen molar-refractivity contribution in [2.45, 2.75) is 32.0 Å². The van der Waals surface area contributed by atoms with E-state index >= 15 is 0 Å². The molecule has 0 spiro atoms. The van der Waals surface area contributed by atoms with Crippen LogP contribution in [-0.2, 0) is 25.8 Å². The number of amides is 1. The van der Waals surface area contributed by atoms with Crippen molar-refractivity contribution in [3.05, 3.63) is 89.4 Å². The number of carboxylic acid groups (broad SMARTS) is 3. The van der Waals surface area contributed by atoms with Crippen LogP contribution in [0.25, 0.3) is 10.9 Å². The lowest BCUT2D eigenvalue weighted by Gasteiger charge is -2.18. The Balaban J connectivity index is 0.000000496. The number of rotatable bonds is 16. The number of carbonyl (C=O) groups excluding carboxylic acids is 1. The molecular formula is C36H37ClN6O10. The lowest BCUT2D eigenvalue weighted by atomic mass is 9.96. The van der Waals surface area contributed by atoms with Crippen LogP contribution >= 0.6 is 11.6 Å². The van der Waals surface area contributed by atoms with Gasteiger partial charge >= 0.3 is 17.9 Å². The number of aliphatic carboxylic acids is 3. The number of nitrogens with zero attached hydrogens (tertiary/aromatic N) is 4. The topological polar surface area (TPSA) is 245 Å². The Morgan fingerprint density at radius 3 is 2.28 bits per heavy atom. The molecule has 0 fully saturated rings. The predicted octanol–water partition coefficient (Wildman–Crippen LogP) is 4.68. The van der Waals surface area contributed by atoms with Gasteiger partial charge in [-0.2, -0.15) is 5.26 Å². The highest BCUT2D eigenvalue weighted by molar-refractivity contribution is 6.32. The highest BCUT2D eigenvalue weighted by Crippen LogP contribution is 2.37. The van der Waals surface area contributed by atoms with Crippen molar-refractivity contribution in [1.82, 2.24) is 14.9 Å². The van der Waals surface area contributed by atoms with Gasteiger partial charge in [0.1, 0.15) is 24.2 Å². The molecule has 4 aromatic rings. The number of ether oxygens (including phenoxy) is 2. The zero-order chi connectivity index (χ0) is 39.1. The van der Waals surface area contributed by atoms with Gasteiger partial charge in [0, 0.05) is 42.2 Å². The number of halogens is 1. The second-order valence-corrected chi connectivity index (χ2v) is 11.9. The van der Waals surface area contributed by atoms with Crippen LogP contribution in [0.1, 0.15) is 31.0 Å². The van der Waals surface area contributed by atoms with Crippen LogP contribution in [0.4, 0.5) is 17.1 Å². The lowest BCUT2D eigenvalue weighted by molar-refractivity contribution is -0.170. The number of carbonyl (C=O) groups is 4. The van der Waals surface area contributed by atoms with Crippen molar-refractivity contribution < 1.29 is 49.1 Å². The molecule has 0 aliphatic heterocycles. The van der Waals surface area contributed by atoms with E-state index in [0.29, 0.717) is 63.2 Å². The number of nitriles is 1. The van der Waals surface area contributed by atoms with Crippen molar-refractivity contribution in [2.24, 2.45) is 0 Å². The molecule has 0 unspecified atom stereocenters. The van der Waals surface area contributed by atoms with Crippen LogP contribution in [0.3, 0.4) is 0 Å². The molecule has 1 amide bonds. The van der Waals surface area contributed by atoms with Gasteiger partial charge in [0.05, 0.1) is 52.6 Å². The second-order valence-electron chi connectivity index (χ2n) is 11.5. The number of hydrogen-bond donors (Lipinski definition) is 6. The summed E-state index contributed by atoms with van der Waals surface area (Å²) >= 11 is 6.52. The molecule has 2 heterocycles. The number of pyridine rings is 2. The monoisotopic (exact) mass is 748 g/mol. The third-order valence-corrected chi connectivity index (χ3v) is 7.27. The number of carboxylic acids is 3. The first-order valence-corrected chi connectivity index (χ1v) is 16.1. The maximum Gasteiger partial charge on any atom is 0.336 e. The van der Waals surface area contributed by atoms with E-state index in [4.69, 9.17) is 41.5 Å². The van der Waals surface area contributed by atoms with Gasteiger partial charge in [0.2, 0.25) is 5.91 Å². The van der Waals surface area contributed by atoms with Gasteiger partial charge in [-0.15, -0.1) is 0 Å². The van der Waals surface area contributed by atoms with Gasteiger partial charge < -0.3 is 45.4 Å². The molecule has 6 N–H and O–H groups in total. The average Bonchev–Trinajstić information content (AvgIpc) is 3.08. The Labute approximate surface area is 308 Å². The fourth-order valence-electron chi connectivity index (χ4n) is 4.55. The predicted molar refractivity (Wildman–Crippen MR) is 194 cm³/mol. The van der Waals surface area contributed by atoms with Crippen LogP contribution in [0.15, 0.2) is 73.1 Å². The number of fused-ring (bicyclic) bond motifs is 1. The fourth-order valence-corrected chi connectivity index (χ4v) is 4.78. The zero-order valence-corrected chi connectivity index (χ0v) is 29.6. The van der Waals surface area contributed by atoms with Gasteiger partial charge in [-0.1, -0.05) is 23.7 Å². The maximum absolute atomic E-state index is 12.6. The van der Waals surface area contributed by atoms with Crippen molar-refractivity contribution in [3.8, 4) is 17.6 Å². The van der Waals surface area contributed by atoms with Gasteiger partial charge in [0.25, 0.3) is 0 Å². The fraction of sp³-hybridized carbons (Fsp3) is 0.250. The molecule has 2 aromatic carbocycles. The molecule has 53 heavy (non-hydrogen) atoms. The molecule has 17 heteroatoms. The first-order chi connectivity index (χ1) is 25.1. The Morgan fingerprint density at radius 1 is 1.00 bits per heavy atom. The number of aromatic nitrogens is 2. The zero-order valence-electron chi connectivity index (χ0n) is 28.9. The smallest absolute Gasteiger partial charge is 0.336 e. The minimum Gasteiger partial charge on any atom is -0.492 e. The highest BCUT2D eigenvalue weighted by Gasteiger charge is 2.40. The molecular weight excluding hydrogens is 712 g/mol. The minimum atomic E-state index is -2.74. The second kappa shape index (κ2) is 19.4. The van der Waals surface area contributed by atoms with Crippen molar-refractivity contribution in [2.75, 3.05) is 37.9 Å². The summed E-state index contributed by atoms with van der Waals surface area (Å²) in [4.78, 5) is 53.7. The molecule has 0 atom stereocenters. The first-order valence-electron chi connectivity index (χ1n) is 15.8. The SMILES string of the molecule is CCOc1cc2ncc(C#N)c(Nc3ccc(OCc4ccccn4)c(Cl)c3)c2cc1NC(=O)C=CCN(C)C.O=C(O)CC(O)(CC(=O)O)C(=O)O. The van der Waals surface area contributed by atoms with Crippen LogP contribution in [0, 0.1) is 11.3 Å². The summed E-state index contributed by atoms with van der Waals surface area (Å²) in [5, 5.41) is 50.9. The standard InChI is InChI=1S/C30H29ClN6O3.C6H8O7/c1-4-39-28-16-25-23(15-26(28)36-29(38)9-7-13-37(2)3)30(20(17-32)18-34-25)35-21-10-11-27(24(31)14-21)40-19-22-8-5-6-12-33-22;7-3(8)1-6(13,5(11)12)2-4(9)10/h5-12,14-16,18H,4,13,19H2,1-3H3,(H,34,35)(H,36,38);13H,1-2H2,(H,7,8)(H,9,10)(H,11,12). The Bertz CT molecular complexity index is 2000. The van der Waals surface area contributed by atoms with E-state index < -0.39 is 36.4 Å².